The lowest BCUT2D eigenvalue weighted by Gasteiger charge is -2.31. The van der Waals surface area contributed by atoms with E-state index in [0.29, 0.717) is 11.5 Å². The van der Waals surface area contributed by atoms with Gasteiger partial charge in [0.1, 0.15) is 6.04 Å². The highest BCUT2D eigenvalue weighted by Gasteiger charge is 2.28. The Hall–Kier alpha value is -2.66. The van der Waals surface area contributed by atoms with Crippen LogP contribution >= 0.6 is 0 Å². The highest BCUT2D eigenvalue weighted by Crippen LogP contribution is 2.17. The van der Waals surface area contributed by atoms with Gasteiger partial charge in [0.2, 0.25) is 5.91 Å². The zero-order chi connectivity index (χ0) is 18.4. The van der Waals surface area contributed by atoms with Crippen molar-refractivity contribution in [3.05, 3.63) is 71.8 Å². The van der Waals surface area contributed by atoms with Gasteiger partial charge in [-0.2, -0.15) is 0 Å². The van der Waals surface area contributed by atoms with Crippen molar-refractivity contribution in [2.45, 2.75) is 25.4 Å². The van der Waals surface area contributed by atoms with Gasteiger partial charge in [-0.15, -0.1) is 0 Å². The third kappa shape index (κ3) is 4.49. The Morgan fingerprint density at radius 1 is 1.04 bits per heavy atom. The van der Waals surface area contributed by atoms with Gasteiger partial charge in [0, 0.05) is 18.2 Å². The summed E-state index contributed by atoms with van der Waals surface area (Å²) in [6, 6.07) is 17.6. The highest BCUT2D eigenvalue weighted by molar-refractivity contribution is 5.97. The van der Waals surface area contributed by atoms with Crippen LogP contribution in [0, 0.1) is 5.92 Å². The molecule has 1 heterocycles. The van der Waals surface area contributed by atoms with Crippen LogP contribution in [0.15, 0.2) is 60.7 Å². The Bertz CT molecular complexity index is 733. The average molecular weight is 351 g/mol. The van der Waals surface area contributed by atoms with Gasteiger partial charge in [-0.3, -0.25) is 9.59 Å². The first-order chi connectivity index (χ1) is 12.6. The number of amides is 2. The molecule has 1 aliphatic rings. The third-order valence-electron chi connectivity index (χ3n) is 4.86. The zero-order valence-electron chi connectivity index (χ0n) is 14.9. The Morgan fingerprint density at radius 2 is 1.69 bits per heavy atom. The summed E-state index contributed by atoms with van der Waals surface area (Å²) in [7, 11) is 0. The third-order valence-corrected chi connectivity index (χ3v) is 4.86. The number of nitrogens with one attached hydrogen (secondary N) is 3. The van der Waals surface area contributed by atoms with Gasteiger partial charge >= 0.3 is 0 Å². The molecule has 3 atom stereocenters. The summed E-state index contributed by atoms with van der Waals surface area (Å²) < 4.78 is 0. The minimum Gasteiger partial charge on any atom is -0.350 e. The Kier molecular flexibility index (Phi) is 6.02. The van der Waals surface area contributed by atoms with E-state index in [0.717, 1.165) is 25.1 Å². The Labute approximate surface area is 154 Å². The second-order valence-corrected chi connectivity index (χ2v) is 6.77. The molecule has 2 amide bonds. The number of carbonyl (C=O) groups excluding carboxylic acids is 2. The van der Waals surface area contributed by atoms with Crippen LogP contribution in [0.3, 0.4) is 0 Å². The van der Waals surface area contributed by atoms with Crippen molar-refractivity contribution in [1.29, 1.82) is 0 Å². The maximum absolute atomic E-state index is 13.0. The fourth-order valence-electron chi connectivity index (χ4n) is 3.20. The topological polar surface area (TPSA) is 70.2 Å². The monoisotopic (exact) mass is 351 g/mol. The molecule has 0 bridgehead atoms. The average Bonchev–Trinajstić information content (AvgIpc) is 2.69. The Morgan fingerprint density at radius 3 is 2.35 bits per heavy atom. The quantitative estimate of drug-likeness (QED) is 0.774. The molecule has 26 heavy (non-hydrogen) atoms. The van der Waals surface area contributed by atoms with Crippen molar-refractivity contribution in [3.8, 4) is 0 Å². The predicted molar refractivity (Wildman–Crippen MR) is 102 cm³/mol. The lowest BCUT2D eigenvalue weighted by molar-refractivity contribution is -0.124. The number of carbonyl (C=O) groups is 2. The molecule has 0 aromatic heterocycles. The molecule has 1 aliphatic heterocycles. The molecule has 0 saturated carbocycles. The molecular weight excluding hydrogens is 326 g/mol. The normalized spacial score (nSPS) is 20.8. The van der Waals surface area contributed by atoms with Crippen molar-refractivity contribution < 1.29 is 9.59 Å². The fourth-order valence-corrected chi connectivity index (χ4v) is 3.20. The molecule has 2 aromatic rings. The molecule has 3 rings (SSSR count). The van der Waals surface area contributed by atoms with Crippen molar-refractivity contribution in [2.75, 3.05) is 13.1 Å². The predicted octanol–water partition coefficient (Wildman–Crippen LogP) is 2.27. The molecule has 0 spiro atoms. The molecule has 1 fully saturated rings. The summed E-state index contributed by atoms with van der Waals surface area (Å²) in [6.45, 7) is 3.87. The molecule has 0 radical (unpaired) electrons. The minimum absolute atomic E-state index is 0.0658. The van der Waals surface area contributed by atoms with Gasteiger partial charge in [-0.1, -0.05) is 55.5 Å². The molecule has 5 nitrogen and oxygen atoms in total. The van der Waals surface area contributed by atoms with E-state index in [1.807, 2.05) is 48.5 Å². The van der Waals surface area contributed by atoms with E-state index in [1.165, 1.54) is 0 Å². The maximum Gasteiger partial charge on any atom is 0.252 e. The van der Waals surface area contributed by atoms with Gasteiger partial charge in [0.25, 0.3) is 5.91 Å². The van der Waals surface area contributed by atoms with Crippen LogP contribution in [0.4, 0.5) is 0 Å². The van der Waals surface area contributed by atoms with Crippen LogP contribution in [-0.2, 0) is 4.79 Å². The summed E-state index contributed by atoms with van der Waals surface area (Å²) in [4.78, 5) is 25.6. The smallest absolute Gasteiger partial charge is 0.252 e. The summed E-state index contributed by atoms with van der Waals surface area (Å²) in [5.74, 6) is -0.0353. The summed E-state index contributed by atoms with van der Waals surface area (Å²) in [5, 5.41) is 9.30. The lowest BCUT2D eigenvalue weighted by Crippen LogP contribution is -2.53. The molecule has 0 aliphatic carbocycles. The first kappa shape index (κ1) is 18.1. The second-order valence-electron chi connectivity index (χ2n) is 6.77. The van der Waals surface area contributed by atoms with Crippen molar-refractivity contribution >= 4 is 11.8 Å². The van der Waals surface area contributed by atoms with E-state index in [2.05, 4.69) is 22.9 Å². The number of benzene rings is 2. The van der Waals surface area contributed by atoms with Gasteiger partial charge < -0.3 is 16.0 Å². The number of rotatable bonds is 5. The molecule has 2 aromatic carbocycles. The van der Waals surface area contributed by atoms with Crippen molar-refractivity contribution in [2.24, 2.45) is 5.92 Å². The first-order valence-electron chi connectivity index (χ1n) is 9.07. The summed E-state index contributed by atoms with van der Waals surface area (Å²) in [6.07, 6.45) is 1.03. The number of piperidine rings is 1. The maximum atomic E-state index is 13.0. The van der Waals surface area contributed by atoms with Crippen molar-refractivity contribution in [3.63, 3.8) is 0 Å². The fraction of sp³-hybridized carbons (Fsp3) is 0.333. The lowest BCUT2D eigenvalue weighted by atomic mass is 9.94. The van der Waals surface area contributed by atoms with Crippen LogP contribution < -0.4 is 16.0 Å². The van der Waals surface area contributed by atoms with E-state index in [1.54, 1.807) is 12.1 Å². The van der Waals surface area contributed by atoms with Gasteiger partial charge in [0.05, 0.1) is 0 Å². The molecule has 3 unspecified atom stereocenters. The van der Waals surface area contributed by atoms with E-state index >= 15 is 0 Å². The molecular formula is C21H25N3O2. The number of hydrogen-bond donors (Lipinski definition) is 3. The largest absolute Gasteiger partial charge is 0.350 e. The van der Waals surface area contributed by atoms with Crippen molar-refractivity contribution in [1.82, 2.24) is 16.0 Å². The molecule has 3 N–H and O–H groups in total. The minimum atomic E-state index is -0.724. The van der Waals surface area contributed by atoms with Crippen LogP contribution in [0.2, 0.25) is 0 Å². The van der Waals surface area contributed by atoms with Gasteiger partial charge in [-0.25, -0.2) is 0 Å². The van der Waals surface area contributed by atoms with Crippen LogP contribution in [0.1, 0.15) is 35.3 Å². The van der Waals surface area contributed by atoms with Crippen LogP contribution in [-0.4, -0.2) is 30.9 Å². The standard InChI is InChI=1S/C21H25N3O2/c1-15-12-13-22-14-18(15)23-21(26)19(16-8-4-2-5-9-16)24-20(25)17-10-6-3-7-11-17/h2-11,15,18-19,22H,12-14H2,1H3,(H,23,26)(H,24,25). The molecule has 5 heteroatoms. The zero-order valence-corrected chi connectivity index (χ0v) is 14.9. The van der Waals surface area contributed by atoms with Gasteiger partial charge in [-0.05, 0) is 36.6 Å². The van der Waals surface area contributed by atoms with Crippen LogP contribution in [0.5, 0.6) is 0 Å². The summed E-state index contributed by atoms with van der Waals surface area (Å²) in [5.41, 5.74) is 1.31. The molecule has 136 valence electrons. The van der Waals surface area contributed by atoms with Crippen LogP contribution in [0.25, 0.3) is 0 Å². The number of hydrogen-bond acceptors (Lipinski definition) is 3. The first-order valence-corrected chi connectivity index (χ1v) is 9.07. The van der Waals surface area contributed by atoms with Gasteiger partial charge in [0.15, 0.2) is 0 Å². The Balaban J connectivity index is 1.77. The van der Waals surface area contributed by atoms with E-state index < -0.39 is 6.04 Å². The molecule has 1 saturated heterocycles. The van der Waals surface area contributed by atoms with E-state index in [4.69, 9.17) is 0 Å². The SMILES string of the molecule is CC1CCNCC1NC(=O)C(NC(=O)c1ccccc1)c1ccccc1. The second kappa shape index (κ2) is 8.63. The van der Waals surface area contributed by atoms with E-state index in [-0.39, 0.29) is 17.9 Å². The highest BCUT2D eigenvalue weighted by atomic mass is 16.2. The van der Waals surface area contributed by atoms with E-state index in [9.17, 15) is 9.59 Å². The summed E-state index contributed by atoms with van der Waals surface area (Å²) >= 11 is 0.